The Hall–Kier alpha value is -1.22. The van der Waals surface area contributed by atoms with Crippen molar-refractivity contribution in [2.45, 2.75) is 17.0 Å². The van der Waals surface area contributed by atoms with Crippen molar-refractivity contribution < 1.29 is 13.2 Å². The zero-order valence-electron chi connectivity index (χ0n) is 11.3. The lowest BCUT2D eigenvalue weighted by molar-refractivity contribution is -0.0362. The van der Waals surface area contributed by atoms with Gasteiger partial charge in [0.1, 0.15) is 10.7 Å². The van der Waals surface area contributed by atoms with Crippen LogP contribution in [0.3, 0.4) is 0 Å². The molecule has 2 aliphatic heterocycles. The Balaban J connectivity index is 1.92. The lowest BCUT2D eigenvalue weighted by Gasteiger charge is -2.33. The third-order valence-electron chi connectivity index (χ3n) is 3.94. The first-order valence-corrected chi connectivity index (χ1v) is 8.06. The van der Waals surface area contributed by atoms with E-state index >= 15 is 0 Å². The molecule has 1 aromatic heterocycles. The van der Waals surface area contributed by atoms with E-state index in [1.807, 2.05) is 4.90 Å². The predicted molar refractivity (Wildman–Crippen MR) is 74.0 cm³/mol. The summed E-state index contributed by atoms with van der Waals surface area (Å²) in [5.74, 6) is 0.418. The van der Waals surface area contributed by atoms with Gasteiger partial charge in [0, 0.05) is 25.8 Å². The van der Waals surface area contributed by atoms with Crippen LogP contribution in [0.1, 0.15) is 0 Å². The maximum Gasteiger partial charge on any atom is 0.241 e. The van der Waals surface area contributed by atoms with Crippen molar-refractivity contribution in [1.29, 1.82) is 0 Å². The first-order valence-electron chi connectivity index (χ1n) is 6.51. The third-order valence-corrected chi connectivity index (χ3v) is 4.87. The van der Waals surface area contributed by atoms with Crippen molar-refractivity contribution in [2.24, 2.45) is 5.14 Å². The van der Waals surface area contributed by atoms with E-state index in [0.717, 1.165) is 6.54 Å². The molecule has 7 nitrogen and oxygen atoms in total. The highest BCUT2D eigenvalue weighted by Gasteiger charge is 2.40. The Kier molecular flexibility index (Phi) is 3.41. The second-order valence-electron chi connectivity index (χ2n) is 5.23. The number of morpholine rings is 1. The quantitative estimate of drug-likeness (QED) is 0.773. The van der Waals surface area contributed by atoms with E-state index < -0.39 is 10.0 Å². The molecule has 0 aliphatic carbocycles. The molecule has 0 amide bonds. The van der Waals surface area contributed by atoms with E-state index in [9.17, 15) is 8.42 Å². The Bertz CT molecular complexity index is 606. The van der Waals surface area contributed by atoms with Crippen molar-refractivity contribution in [3.63, 3.8) is 0 Å². The van der Waals surface area contributed by atoms with Crippen LogP contribution >= 0.6 is 0 Å². The molecule has 2 N–H and O–H groups in total. The largest absolute Gasteiger partial charge is 0.373 e. The lowest BCUT2D eigenvalue weighted by Crippen LogP contribution is -2.48. The van der Waals surface area contributed by atoms with Gasteiger partial charge in [0.2, 0.25) is 10.0 Å². The number of aromatic nitrogens is 1. The minimum Gasteiger partial charge on any atom is -0.373 e. The van der Waals surface area contributed by atoms with Crippen LogP contribution in [-0.4, -0.2) is 63.7 Å². The van der Waals surface area contributed by atoms with Gasteiger partial charge < -0.3 is 9.64 Å². The molecule has 1 aromatic rings. The predicted octanol–water partition coefficient (Wildman–Crippen LogP) is -0.752. The van der Waals surface area contributed by atoms with Gasteiger partial charge >= 0.3 is 0 Å². The zero-order chi connectivity index (χ0) is 14.3. The lowest BCUT2D eigenvalue weighted by atomic mass is 10.1. The number of rotatable bonds is 2. The maximum atomic E-state index is 11.7. The summed E-state index contributed by atoms with van der Waals surface area (Å²) in [6.07, 6.45) is 1.67. The number of fused-ring (bicyclic) bond motifs is 1. The normalized spacial score (nSPS) is 27.6. The number of nitrogens with zero attached hydrogens (tertiary/aromatic N) is 3. The van der Waals surface area contributed by atoms with E-state index in [0.29, 0.717) is 25.5 Å². The van der Waals surface area contributed by atoms with Crippen molar-refractivity contribution in [1.82, 2.24) is 9.88 Å². The van der Waals surface area contributed by atoms with Crippen LogP contribution in [0.15, 0.2) is 23.2 Å². The molecule has 3 rings (SSSR count). The van der Waals surface area contributed by atoms with Crippen molar-refractivity contribution in [3.8, 4) is 0 Å². The molecule has 0 spiro atoms. The number of hydrogen-bond acceptors (Lipinski definition) is 6. The minimum atomic E-state index is -3.78. The second kappa shape index (κ2) is 4.96. The number of pyridine rings is 1. The van der Waals surface area contributed by atoms with Crippen LogP contribution in [0.4, 0.5) is 5.82 Å². The second-order valence-corrected chi connectivity index (χ2v) is 6.76. The van der Waals surface area contributed by atoms with Gasteiger partial charge in [-0.15, -0.1) is 0 Å². The summed E-state index contributed by atoms with van der Waals surface area (Å²) in [5, 5.41) is 5.26. The summed E-state index contributed by atoms with van der Waals surface area (Å²) in [6, 6.07) is 3.33. The number of hydrogen-bond donors (Lipinski definition) is 1. The standard InChI is InChI=1S/C12H18N4O3S/c1-15-5-6-19-10-8-16(7-9(10)15)12-11(20(13,17)18)3-2-4-14-12/h2-4,9-10H,5-8H2,1H3,(H2,13,17,18)/t9-,10+/m0/s1. The van der Waals surface area contributed by atoms with Crippen molar-refractivity contribution in [2.75, 3.05) is 38.2 Å². The van der Waals surface area contributed by atoms with Crippen LogP contribution < -0.4 is 10.0 Å². The van der Waals surface area contributed by atoms with Crippen LogP contribution in [0, 0.1) is 0 Å². The molecular formula is C12H18N4O3S. The molecule has 2 saturated heterocycles. The average molecular weight is 298 g/mol. The average Bonchev–Trinajstić information content (AvgIpc) is 2.83. The van der Waals surface area contributed by atoms with E-state index in [4.69, 9.17) is 9.88 Å². The minimum absolute atomic E-state index is 0.0706. The molecule has 0 aromatic carbocycles. The topological polar surface area (TPSA) is 88.8 Å². The molecule has 2 atom stereocenters. The van der Waals surface area contributed by atoms with Gasteiger partial charge in [-0.25, -0.2) is 18.5 Å². The Labute approximate surface area is 118 Å². The summed E-state index contributed by atoms with van der Waals surface area (Å²) >= 11 is 0. The van der Waals surface area contributed by atoms with Crippen molar-refractivity contribution >= 4 is 15.8 Å². The smallest absolute Gasteiger partial charge is 0.241 e. The van der Waals surface area contributed by atoms with E-state index in [-0.39, 0.29) is 17.0 Å². The molecule has 0 radical (unpaired) electrons. The van der Waals surface area contributed by atoms with Crippen LogP contribution in [-0.2, 0) is 14.8 Å². The molecule has 8 heteroatoms. The third kappa shape index (κ3) is 2.39. The van der Waals surface area contributed by atoms with Crippen LogP contribution in [0.2, 0.25) is 0 Å². The van der Waals surface area contributed by atoms with Gasteiger partial charge in [-0.3, -0.25) is 4.90 Å². The zero-order valence-corrected chi connectivity index (χ0v) is 12.1. The first-order chi connectivity index (χ1) is 9.47. The summed E-state index contributed by atoms with van der Waals surface area (Å²) < 4.78 is 29.1. The Morgan fingerprint density at radius 1 is 1.45 bits per heavy atom. The summed E-state index contributed by atoms with van der Waals surface area (Å²) in [4.78, 5) is 8.46. The Morgan fingerprint density at radius 2 is 2.25 bits per heavy atom. The van der Waals surface area contributed by atoms with Crippen molar-refractivity contribution in [3.05, 3.63) is 18.3 Å². The highest BCUT2D eigenvalue weighted by atomic mass is 32.2. The molecule has 0 saturated carbocycles. The van der Waals surface area contributed by atoms with Gasteiger partial charge in [-0.1, -0.05) is 0 Å². The maximum absolute atomic E-state index is 11.7. The number of nitrogens with two attached hydrogens (primary N) is 1. The van der Waals surface area contributed by atoms with Gasteiger partial charge in [0.25, 0.3) is 0 Å². The number of sulfonamides is 1. The summed E-state index contributed by atoms with van der Waals surface area (Å²) in [5.41, 5.74) is 0. The Morgan fingerprint density at radius 3 is 2.95 bits per heavy atom. The van der Waals surface area contributed by atoms with Crippen LogP contribution in [0.25, 0.3) is 0 Å². The fraction of sp³-hybridized carbons (Fsp3) is 0.583. The van der Waals surface area contributed by atoms with Gasteiger partial charge in [0.15, 0.2) is 0 Å². The fourth-order valence-electron chi connectivity index (χ4n) is 2.87. The summed E-state index contributed by atoms with van der Waals surface area (Å²) in [6.45, 7) is 2.92. The van der Waals surface area contributed by atoms with Gasteiger partial charge in [-0.05, 0) is 19.2 Å². The molecule has 20 heavy (non-hydrogen) atoms. The van der Waals surface area contributed by atoms with E-state index in [1.165, 1.54) is 6.07 Å². The monoisotopic (exact) mass is 298 g/mol. The van der Waals surface area contributed by atoms with Gasteiger partial charge in [-0.2, -0.15) is 0 Å². The SMILES string of the molecule is CN1CCO[C@@H]2CN(c3ncccc3S(N)(=O)=O)C[C@@H]21. The molecule has 0 unspecified atom stereocenters. The number of likely N-dealkylation sites (N-methyl/N-ethyl adjacent to an activating group) is 1. The molecule has 2 fully saturated rings. The molecule has 0 bridgehead atoms. The molecular weight excluding hydrogens is 280 g/mol. The number of anilines is 1. The van der Waals surface area contributed by atoms with E-state index in [1.54, 1.807) is 12.3 Å². The van der Waals surface area contributed by atoms with E-state index in [2.05, 4.69) is 16.9 Å². The number of ether oxygens (including phenoxy) is 1. The fourth-order valence-corrected chi connectivity index (χ4v) is 3.58. The highest BCUT2D eigenvalue weighted by Crippen LogP contribution is 2.29. The first kappa shape index (κ1) is 13.7. The molecule has 3 heterocycles. The summed E-state index contributed by atoms with van der Waals surface area (Å²) in [7, 11) is -1.72. The molecule has 110 valence electrons. The van der Waals surface area contributed by atoms with Crippen LogP contribution in [0.5, 0.6) is 0 Å². The highest BCUT2D eigenvalue weighted by molar-refractivity contribution is 7.89. The number of primary sulfonamides is 1. The molecule has 2 aliphatic rings. The van der Waals surface area contributed by atoms with Gasteiger partial charge in [0.05, 0.1) is 18.8 Å².